The quantitative estimate of drug-likeness (QED) is 0.384. The third kappa shape index (κ3) is 6.84. The Morgan fingerprint density at radius 2 is 1.53 bits per heavy atom. The maximum absolute atomic E-state index is 12.1. The molecule has 5 heteroatoms. The molecule has 3 aromatic carbocycles. The topological polar surface area (TPSA) is 83.8 Å². The summed E-state index contributed by atoms with van der Waals surface area (Å²) in [5.74, 6) is 0.516. The van der Waals surface area contributed by atoms with E-state index in [1.807, 2.05) is 26.0 Å². The molecule has 0 amide bonds. The molecular weight excluding hydrogens is 404 g/mol. The van der Waals surface area contributed by atoms with Crippen LogP contribution in [0.2, 0.25) is 0 Å². The average molecular weight is 433 g/mol. The lowest BCUT2D eigenvalue weighted by molar-refractivity contribution is 0.101. The summed E-state index contributed by atoms with van der Waals surface area (Å²) in [4.78, 5) is 23.2. The lowest BCUT2D eigenvalue weighted by Gasteiger charge is -2.06. The summed E-state index contributed by atoms with van der Waals surface area (Å²) in [6.07, 6.45) is 2.69. The van der Waals surface area contributed by atoms with E-state index in [-0.39, 0.29) is 28.6 Å². The molecule has 3 rings (SSSR count). The number of carbonyl (C=O) groups is 2. The number of hydrogen-bond donors (Lipinski definition) is 2. The molecule has 0 bridgehead atoms. The molecule has 0 aliphatic carbocycles. The largest absolute Gasteiger partial charge is 0.508 e. The van der Waals surface area contributed by atoms with E-state index in [0.29, 0.717) is 23.3 Å². The minimum atomic E-state index is -0.203. The predicted octanol–water partition coefficient (Wildman–Crippen LogP) is 5.74. The van der Waals surface area contributed by atoms with Crippen molar-refractivity contribution in [3.8, 4) is 17.2 Å². The molecular formula is C27H28O5. The van der Waals surface area contributed by atoms with E-state index >= 15 is 0 Å². The minimum Gasteiger partial charge on any atom is -0.508 e. The van der Waals surface area contributed by atoms with Crippen LogP contribution in [0.15, 0.2) is 78.4 Å². The standard InChI is InChI=1S/C14H12O3.C13H16O2/c1-17-11-7-8-12(13(15)9-11)14(16)10-5-3-2-4-6-10;1-9(2)4-5-12-8-11(10(3)14)6-7-13(12)15/h2-9,15H,1H3;4,6-8,15H,5H2,1-3H3. The first-order valence-electron chi connectivity index (χ1n) is 10.2. The van der Waals surface area contributed by atoms with Crippen LogP contribution in [0, 0.1) is 0 Å². The number of aromatic hydroxyl groups is 2. The Kier molecular flexibility index (Phi) is 8.78. The number of ketones is 2. The Bertz CT molecular complexity index is 1110. The van der Waals surface area contributed by atoms with E-state index in [2.05, 4.69) is 0 Å². The van der Waals surface area contributed by atoms with Crippen molar-refractivity contribution in [2.24, 2.45) is 0 Å². The summed E-state index contributed by atoms with van der Waals surface area (Å²) in [6.45, 7) is 5.54. The van der Waals surface area contributed by atoms with E-state index in [4.69, 9.17) is 4.74 Å². The van der Waals surface area contributed by atoms with Gasteiger partial charge in [-0.05, 0) is 63.1 Å². The molecule has 0 saturated carbocycles. The summed E-state index contributed by atoms with van der Waals surface area (Å²) < 4.78 is 4.96. The summed E-state index contributed by atoms with van der Waals surface area (Å²) in [6, 6.07) is 18.4. The van der Waals surface area contributed by atoms with Crippen LogP contribution in [0.25, 0.3) is 0 Å². The van der Waals surface area contributed by atoms with E-state index in [0.717, 1.165) is 5.56 Å². The molecule has 0 aliphatic heterocycles. The maximum Gasteiger partial charge on any atom is 0.196 e. The van der Waals surface area contributed by atoms with Crippen molar-refractivity contribution < 1.29 is 24.5 Å². The Hall–Kier alpha value is -3.86. The van der Waals surface area contributed by atoms with Crippen molar-refractivity contribution in [2.75, 3.05) is 7.11 Å². The zero-order valence-electron chi connectivity index (χ0n) is 18.8. The molecule has 0 atom stereocenters. The summed E-state index contributed by atoms with van der Waals surface area (Å²) >= 11 is 0. The molecule has 0 aromatic heterocycles. The second kappa shape index (κ2) is 11.5. The van der Waals surface area contributed by atoms with Crippen molar-refractivity contribution in [1.82, 2.24) is 0 Å². The van der Waals surface area contributed by atoms with Crippen molar-refractivity contribution in [1.29, 1.82) is 0 Å². The number of rotatable bonds is 6. The third-order valence-electron chi connectivity index (χ3n) is 4.70. The first kappa shape index (κ1) is 24.4. The summed E-state index contributed by atoms with van der Waals surface area (Å²) in [5.41, 5.74) is 3.46. The molecule has 32 heavy (non-hydrogen) atoms. The van der Waals surface area contributed by atoms with Crippen LogP contribution in [0.4, 0.5) is 0 Å². The molecule has 0 unspecified atom stereocenters. The Morgan fingerprint density at radius 1 is 0.844 bits per heavy atom. The van der Waals surface area contributed by atoms with Gasteiger partial charge in [-0.25, -0.2) is 0 Å². The maximum atomic E-state index is 12.1. The highest BCUT2D eigenvalue weighted by molar-refractivity contribution is 6.10. The fourth-order valence-electron chi connectivity index (χ4n) is 2.86. The van der Waals surface area contributed by atoms with Crippen molar-refractivity contribution in [2.45, 2.75) is 27.2 Å². The SMILES string of the molecule is CC(=O)c1ccc(O)c(CC=C(C)C)c1.COc1ccc(C(=O)c2ccccc2)c(O)c1. The second-order valence-corrected chi connectivity index (χ2v) is 7.46. The Morgan fingerprint density at radius 3 is 2.09 bits per heavy atom. The van der Waals surface area contributed by atoms with Gasteiger partial charge in [0.15, 0.2) is 11.6 Å². The highest BCUT2D eigenvalue weighted by Crippen LogP contribution is 2.25. The number of allylic oxidation sites excluding steroid dienone is 2. The lowest BCUT2D eigenvalue weighted by atomic mass is 10.0. The van der Waals surface area contributed by atoms with E-state index < -0.39 is 0 Å². The number of benzene rings is 3. The summed E-state index contributed by atoms with van der Waals surface area (Å²) in [7, 11) is 1.51. The first-order chi connectivity index (χ1) is 15.2. The van der Waals surface area contributed by atoms with Crippen LogP contribution in [0.3, 0.4) is 0 Å². The zero-order valence-corrected chi connectivity index (χ0v) is 18.8. The van der Waals surface area contributed by atoms with Gasteiger partial charge >= 0.3 is 0 Å². The summed E-state index contributed by atoms with van der Waals surface area (Å²) in [5, 5.41) is 19.3. The van der Waals surface area contributed by atoms with Gasteiger partial charge in [-0.2, -0.15) is 0 Å². The van der Waals surface area contributed by atoms with Crippen LogP contribution in [-0.2, 0) is 6.42 Å². The molecule has 0 spiro atoms. The second-order valence-electron chi connectivity index (χ2n) is 7.46. The van der Waals surface area contributed by atoms with Crippen LogP contribution >= 0.6 is 0 Å². The Labute approximate surface area is 188 Å². The monoisotopic (exact) mass is 432 g/mol. The van der Waals surface area contributed by atoms with Crippen molar-refractivity contribution >= 4 is 11.6 Å². The molecule has 5 nitrogen and oxygen atoms in total. The number of phenols is 2. The average Bonchev–Trinajstić information content (AvgIpc) is 2.78. The fourth-order valence-corrected chi connectivity index (χ4v) is 2.86. The molecule has 0 aliphatic rings. The van der Waals surface area contributed by atoms with Gasteiger partial charge in [-0.15, -0.1) is 0 Å². The third-order valence-corrected chi connectivity index (χ3v) is 4.70. The first-order valence-corrected chi connectivity index (χ1v) is 10.2. The van der Waals surface area contributed by atoms with Gasteiger partial charge < -0.3 is 14.9 Å². The number of hydrogen-bond acceptors (Lipinski definition) is 5. The minimum absolute atomic E-state index is 0.0217. The predicted molar refractivity (Wildman–Crippen MR) is 126 cm³/mol. The van der Waals surface area contributed by atoms with Gasteiger partial charge in [0.05, 0.1) is 12.7 Å². The molecule has 0 saturated heterocycles. The number of carbonyl (C=O) groups excluding carboxylic acids is 2. The zero-order chi connectivity index (χ0) is 23.7. The fraction of sp³-hybridized carbons (Fsp3) is 0.185. The van der Waals surface area contributed by atoms with Crippen LogP contribution < -0.4 is 4.74 Å². The van der Waals surface area contributed by atoms with Gasteiger partial charge in [0, 0.05) is 17.2 Å². The van der Waals surface area contributed by atoms with Gasteiger partial charge in [0.25, 0.3) is 0 Å². The normalized spacial score (nSPS) is 9.88. The molecule has 0 radical (unpaired) electrons. The van der Waals surface area contributed by atoms with Gasteiger partial charge in [-0.1, -0.05) is 42.0 Å². The molecule has 0 heterocycles. The van der Waals surface area contributed by atoms with Crippen LogP contribution in [0.5, 0.6) is 17.2 Å². The van der Waals surface area contributed by atoms with Crippen LogP contribution in [-0.4, -0.2) is 28.9 Å². The highest BCUT2D eigenvalue weighted by Gasteiger charge is 2.13. The number of methoxy groups -OCH3 is 1. The van der Waals surface area contributed by atoms with Gasteiger partial charge in [0.1, 0.15) is 17.2 Å². The molecule has 0 fully saturated rings. The smallest absolute Gasteiger partial charge is 0.196 e. The van der Waals surface area contributed by atoms with Gasteiger partial charge in [0.2, 0.25) is 0 Å². The highest BCUT2D eigenvalue weighted by atomic mass is 16.5. The number of Topliss-reactive ketones (excluding diaryl/α,β-unsaturated/α-hetero) is 1. The van der Waals surface area contributed by atoms with E-state index in [1.165, 1.54) is 25.7 Å². The van der Waals surface area contributed by atoms with Crippen LogP contribution in [0.1, 0.15) is 52.6 Å². The molecule has 3 aromatic rings. The van der Waals surface area contributed by atoms with E-state index in [1.54, 1.807) is 54.6 Å². The van der Waals surface area contributed by atoms with Crippen molar-refractivity contribution in [3.05, 3.63) is 101 Å². The van der Waals surface area contributed by atoms with Gasteiger partial charge in [-0.3, -0.25) is 9.59 Å². The number of ether oxygens (including phenoxy) is 1. The molecule has 166 valence electrons. The molecule has 2 N–H and O–H groups in total. The van der Waals surface area contributed by atoms with Crippen molar-refractivity contribution in [3.63, 3.8) is 0 Å². The van der Waals surface area contributed by atoms with E-state index in [9.17, 15) is 19.8 Å². The Balaban J connectivity index is 0.000000229. The number of phenolic OH excluding ortho intramolecular Hbond substituents is 2. The lowest BCUT2D eigenvalue weighted by Crippen LogP contribution is -2.01.